The molecule has 4 nitrogen and oxygen atoms in total. The third-order valence-corrected chi connectivity index (χ3v) is 8.37. The molecule has 1 aromatic heterocycles. The van der Waals surface area contributed by atoms with Crippen molar-refractivity contribution in [3.05, 3.63) is 146 Å². The number of hydrogen-bond acceptors (Lipinski definition) is 2. The maximum atomic E-state index is 12.2. The lowest BCUT2D eigenvalue weighted by Crippen LogP contribution is -2.74. The summed E-state index contributed by atoms with van der Waals surface area (Å²) >= 11 is 0. The first kappa shape index (κ1) is 28.9. The summed E-state index contributed by atoms with van der Waals surface area (Å²) in [4.78, 5) is 16.1. The molecule has 1 fully saturated rings. The zero-order valence-corrected chi connectivity index (χ0v) is 24.7. The van der Waals surface area contributed by atoms with Gasteiger partial charge in [0.1, 0.15) is 18.5 Å². The molecule has 4 aromatic carbocycles. The van der Waals surface area contributed by atoms with Gasteiger partial charge in [-0.15, -0.1) is 0 Å². The minimum absolute atomic E-state index is 0.0926. The van der Waals surface area contributed by atoms with E-state index in [4.69, 9.17) is 0 Å². The summed E-state index contributed by atoms with van der Waals surface area (Å²) in [5, 5.41) is 0. The number of carbonyl (C=O) groups excluding carboxylic acids is 1. The Morgan fingerprint density at radius 2 is 0.929 bits per heavy atom. The number of rotatable bonds is 5. The summed E-state index contributed by atoms with van der Waals surface area (Å²) in [6, 6.07) is 47.5. The zero-order valence-electron chi connectivity index (χ0n) is 24.7. The summed E-state index contributed by atoms with van der Waals surface area (Å²) in [5.41, 5.74) is 6.46. The van der Waals surface area contributed by atoms with Crippen LogP contribution in [0.3, 0.4) is 0 Å². The van der Waals surface area contributed by atoms with Crippen molar-refractivity contribution < 1.29 is 9.36 Å². The van der Waals surface area contributed by atoms with Gasteiger partial charge in [0.05, 0.1) is 13.1 Å². The van der Waals surface area contributed by atoms with Gasteiger partial charge in [-0.1, -0.05) is 121 Å². The molecule has 6 rings (SSSR count). The van der Waals surface area contributed by atoms with E-state index in [2.05, 4.69) is 121 Å². The summed E-state index contributed by atoms with van der Waals surface area (Å²) < 4.78 is 1.66. The molecule has 0 unspecified atom stereocenters. The second-order valence-corrected chi connectivity index (χ2v) is 11.2. The molecule has 0 radical (unpaired) electrons. The maximum absolute atomic E-state index is 12.2. The van der Waals surface area contributed by atoms with Gasteiger partial charge in [0.2, 0.25) is 0 Å². The lowest BCUT2D eigenvalue weighted by molar-refractivity contribution is -0.578. The van der Waals surface area contributed by atoms with E-state index >= 15 is 0 Å². The smallest absolute Gasteiger partial charge is 0.377 e. The maximum Gasteiger partial charge on any atom is 0.497 e. The third kappa shape index (κ3) is 6.31. The van der Waals surface area contributed by atoms with Crippen molar-refractivity contribution in [1.29, 1.82) is 0 Å². The van der Waals surface area contributed by atoms with Crippen molar-refractivity contribution in [1.82, 2.24) is 4.90 Å². The van der Waals surface area contributed by atoms with Crippen LogP contribution in [0.1, 0.15) is 19.3 Å². The highest BCUT2D eigenvalue weighted by molar-refractivity contribution is 7.19. The molecule has 0 aliphatic carbocycles. The van der Waals surface area contributed by atoms with E-state index in [1.807, 2.05) is 48.4 Å². The van der Waals surface area contributed by atoms with Crippen molar-refractivity contribution in [3.63, 3.8) is 0 Å². The highest BCUT2D eigenvalue weighted by atomic mass is 16.2. The molecule has 5 aromatic rings. The second kappa shape index (κ2) is 13.8. The minimum Gasteiger partial charge on any atom is -0.377 e. The number of hydrogen-bond donors (Lipinski definition) is 0. The Hall–Kier alpha value is -4.64. The Labute approximate surface area is 250 Å². The fraction of sp³-hybridized carbons (Fsp3) is 0.189. The predicted octanol–water partition coefficient (Wildman–Crippen LogP) is 4.56. The van der Waals surface area contributed by atoms with E-state index in [9.17, 15) is 4.79 Å². The van der Waals surface area contributed by atoms with Gasteiger partial charge in [-0.3, -0.25) is 0 Å². The number of amides is 1. The fourth-order valence-electron chi connectivity index (χ4n) is 6.21. The number of benzene rings is 4. The molecule has 0 saturated carbocycles. The highest BCUT2D eigenvalue weighted by Crippen LogP contribution is 2.11. The van der Waals surface area contributed by atoms with Crippen LogP contribution < -0.4 is 31.3 Å². The second-order valence-electron chi connectivity index (χ2n) is 11.2. The van der Waals surface area contributed by atoms with Gasteiger partial charge in [-0.2, -0.15) is 31.2 Å². The first-order valence-corrected chi connectivity index (χ1v) is 15.0. The topological polar surface area (TPSA) is 27.4 Å². The molecule has 0 bridgehead atoms. The summed E-state index contributed by atoms with van der Waals surface area (Å²) in [6.45, 7) is 1.78. The minimum atomic E-state index is -1.22. The fourth-order valence-corrected chi connectivity index (χ4v) is 6.21. The molecule has 0 atom stereocenters. The standard InChI is InChI=1S/C24H20B.C13H20N3O/c1-5-13-21(14-6-1)25(22-15-7-2-8-16-22,23-17-9-3-10-18-23)24-19-11-4-12-20-24;1-14(2)12-6-10-16(11-7-12)13(17)15-8-4-3-5-9-15/h1-20H;6-7,10-11H,3-5,8-9H2,1-2H3/q-1;+1. The molecule has 5 heteroatoms. The van der Waals surface area contributed by atoms with E-state index in [0.29, 0.717) is 0 Å². The van der Waals surface area contributed by atoms with Crippen LogP contribution in [0.5, 0.6) is 0 Å². The van der Waals surface area contributed by atoms with E-state index in [1.54, 1.807) is 4.57 Å². The van der Waals surface area contributed by atoms with Gasteiger partial charge in [-0.25, -0.2) is 4.90 Å². The van der Waals surface area contributed by atoms with Gasteiger partial charge in [0.15, 0.2) is 0 Å². The number of anilines is 1. The lowest BCUT2D eigenvalue weighted by atomic mass is 9.13. The summed E-state index contributed by atoms with van der Waals surface area (Å²) in [6.07, 6.45) is 5.96. The Bertz CT molecular complexity index is 1360. The van der Waals surface area contributed by atoms with E-state index < -0.39 is 6.15 Å². The Balaban J connectivity index is 0.000000181. The first-order chi connectivity index (χ1) is 20.6. The van der Waals surface area contributed by atoms with Gasteiger partial charge < -0.3 is 4.90 Å². The SMILES string of the molecule is CN(C)c1cc[n+](C(=O)N2CCCCC2)cc1.c1ccc([B-](c2ccccc2)(c2ccccc2)c2ccccc2)cc1. The van der Waals surface area contributed by atoms with Crippen LogP contribution >= 0.6 is 0 Å². The van der Waals surface area contributed by atoms with Crippen molar-refractivity contribution in [3.8, 4) is 0 Å². The summed E-state index contributed by atoms with van der Waals surface area (Å²) in [7, 11) is 3.98. The molecular weight excluding hydrogens is 513 g/mol. The van der Waals surface area contributed by atoms with Crippen LogP contribution in [0.15, 0.2) is 146 Å². The predicted molar refractivity (Wildman–Crippen MR) is 177 cm³/mol. The number of carbonyl (C=O) groups is 1. The average Bonchev–Trinajstić information content (AvgIpc) is 3.07. The zero-order chi connectivity index (χ0) is 29.2. The van der Waals surface area contributed by atoms with Crippen molar-refractivity contribution >= 4 is 39.7 Å². The molecule has 42 heavy (non-hydrogen) atoms. The molecule has 1 aliphatic heterocycles. The quantitative estimate of drug-likeness (QED) is 0.236. The number of aromatic nitrogens is 1. The normalized spacial score (nSPS) is 13.0. The van der Waals surface area contributed by atoms with Crippen LogP contribution in [-0.4, -0.2) is 44.3 Å². The molecule has 1 amide bonds. The Morgan fingerprint density at radius 3 is 1.26 bits per heavy atom. The first-order valence-electron chi connectivity index (χ1n) is 15.0. The molecule has 0 spiro atoms. The van der Waals surface area contributed by atoms with Gasteiger partial charge in [0, 0.05) is 31.9 Å². The summed E-state index contributed by atoms with van der Waals surface area (Å²) in [5.74, 6) is 0. The van der Waals surface area contributed by atoms with Crippen LogP contribution in [0.25, 0.3) is 0 Å². The van der Waals surface area contributed by atoms with E-state index in [-0.39, 0.29) is 6.03 Å². The third-order valence-electron chi connectivity index (χ3n) is 8.37. The van der Waals surface area contributed by atoms with Crippen LogP contribution in [0, 0.1) is 0 Å². The van der Waals surface area contributed by atoms with Crippen LogP contribution in [0.2, 0.25) is 0 Å². The number of nitrogens with zero attached hydrogens (tertiary/aromatic N) is 3. The van der Waals surface area contributed by atoms with Gasteiger partial charge in [0.25, 0.3) is 0 Å². The molecule has 1 aliphatic rings. The Morgan fingerprint density at radius 1 is 0.571 bits per heavy atom. The lowest BCUT2D eigenvalue weighted by Gasteiger charge is -2.44. The molecule has 1 saturated heterocycles. The van der Waals surface area contributed by atoms with Crippen LogP contribution in [0.4, 0.5) is 10.5 Å². The largest absolute Gasteiger partial charge is 0.497 e. The highest BCUT2D eigenvalue weighted by Gasteiger charge is 2.31. The number of pyridine rings is 1. The molecular formula is C37H40BN3O. The van der Waals surface area contributed by atoms with Gasteiger partial charge >= 0.3 is 6.03 Å². The van der Waals surface area contributed by atoms with E-state index in [1.165, 1.54) is 28.3 Å². The monoisotopic (exact) mass is 553 g/mol. The van der Waals surface area contributed by atoms with Crippen molar-refractivity contribution in [2.24, 2.45) is 0 Å². The number of piperidine rings is 1. The van der Waals surface area contributed by atoms with Gasteiger partial charge in [-0.05, 0) is 19.3 Å². The Kier molecular flexibility index (Phi) is 9.50. The molecule has 0 N–H and O–H groups in total. The molecule has 2 heterocycles. The average molecular weight is 554 g/mol. The van der Waals surface area contributed by atoms with Crippen molar-refractivity contribution in [2.75, 3.05) is 32.1 Å². The molecule has 212 valence electrons. The number of likely N-dealkylation sites (tertiary alicyclic amines) is 1. The van der Waals surface area contributed by atoms with E-state index in [0.717, 1.165) is 31.6 Å². The van der Waals surface area contributed by atoms with Crippen molar-refractivity contribution in [2.45, 2.75) is 19.3 Å². The van der Waals surface area contributed by atoms with Crippen LogP contribution in [-0.2, 0) is 0 Å².